The van der Waals surface area contributed by atoms with Crippen LogP contribution in [0.5, 0.6) is 0 Å². The molecule has 0 aromatic heterocycles. The third-order valence-electron chi connectivity index (χ3n) is 3.97. The molecule has 0 saturated carbocycles. The SMILES string of the molecule is CC[C@@H]1C/C=C\CCNC(=O)C[C@H](c2ccccc2)C(=O)N1. The molecule has 2 N–H and O–H groups in total. The molecule has 1 aromatic carbocycles. The topological polar surface area (TPSA) is 58.2 Å². The molecule has 1 aromatic rings. The molecule has 2 rings (SSSR count). The lowest BCUT2D eigenvalue weighted by atomic mass is 9.93. The van der Waals surface area contributed by atoms with Crippen LogP contribution in [0.2, 0.25) is 0 Å². The Morgan fingerprint density at radius 1 is 1.14 bits per heavy atom. The van der Waals surface area contributed by atoms with Crippen LogP contribution in [0.1, 0.15) is 44.1 Å². The summed E-state index contributed by atoms with van der Waals surface area (Å²) in [5, 5.41) is 5.96. The van der Waals surface area contributed by atoms with Gasteiger partial charge < -0.3 is 10.6 Å². The van der Waals surface area contributed by atoms with E-state index in [1.54, 1.807) is 0 Å². The maximum Gasteiger partial charge on any atom is 0.228 e. The van der Waals surface area contributed by atoms with Gasteiger partial charge in [-0.05, 0) is 24.8 Å². The van der Waals surface area contributed by atoms with Crippen molar-refractivity contribution in [1.82, 2.24) is 10.6 Å². The molecule has 2 amide bonds. The summed E-state index contributed by atoms with van der Waals surface area (Å²) in [7, 11) is 0. The minimum absolute atomic E-state index is 0.0674. The van der Waals surface area contributed by atoms with Gasteiger partial charge in [-0.1, -0.05) is 49.4 Å². The molecule has 118 valence electrons. The van der Waals surface area contributed by atoms with E-state index in [4.69, 9.17) is 0 Å². The molecule has 0 spiro atoms. The highest BCUT2D eigenvalue weighted by Crippen LogP contribution is 2.20. The molecule has 0 saturated heterocycles. The minimum atomic E-state index is -0.432. The van der Waals surface area contributed by atoms with Crippen molar-refractivity contribution in [2.24, 2.45) is 0 Å². The van der Waals surface area contributed by atoms with Crippen molar-refractivity contribution >= 4 is 11.8 Å². The van der Waals surface area contributed by atoms with Gasteiger partial charge in [0.15, 0.2) is 0 Å². The second-order valence-electron chi connectivity index (χ2n) is 5.63. The largest absolute Gasteiger partial charge is 0.356 e. The van der Waals surface area contributed by atoms with E-state index < -0.39 is 5.92 Å². The summed E-state index contributed by atoms with van der Waals surface area (Å²) in [4.78, 5) is 24.7. The van der Waals surface area contributed by atoms with E-state index >= 15 is 0 Å². The summed E-state index contributed by atoms with van der Waals surface area (Å²) in [5.41, 5.74) is 0.887. The zero-order valence-corrected chi connectivity index (χ0v) is 13.0. The Morgan fingerprint density at radius 3 is 2.64 bits per heavy atom. The normalized spacial score (nSPS) is 25.3. The molecule has 22 heavy (non-hydrogen) atoms. The summed E-state index contributed by atoms with van der Waals surface area (Å²) < 4.78 is 0. The molecular weight excluding hydrogens is 276 g/mol. The second kappa shape index (κ2) is 8.37. The van der Waals surface area contributed by atoms with Crippen LogP contribution in [0.15, 0.2) is 42.5 Å². The summed E-state index contributed by atoms with van der Waals surface area (Å²) in [5.74, 6) is -0.577. The average molecular weight is 300 g/mol. The summed E-state index contributed by atoms with van der Waals surface area (Å²) in [6.07, 6.45) is 6.87. The summed E-state index contributed by atoms with van der Waals surface area (Å²) in [6.45, 7) is 2.68. The van der Waals surface area contributed by atoms with Gasteiger partial charge in [-0.15, -0.1) is 0 Å². The lowest BCUT2D eigenvalue weighted by Gasteiger charge is -2.22. The average Bonchev–Trinajstić information content (AvgIpc) is 2.54. The van der Waals surface area contributed by atoms with Crippen LogP contribution in [0.25, 0.3) is 0 Å². The van der Waals surface area contributed by atoms with Gasteiger partial charge >= 0.3 is 0 Å². The molecule has 1 aliphatic rings. The number of rotatable bonds is 2. The predicted molar refractivity (Wildman–Crippen MR) is 87.4 cm³/mol. The number of nitrogens with one attached hydrogen (secondary N) is 2. The fourth-order valence-electron chi connectivity index (χ4n) is 2.61. The van der Waals surface area contributed by atoms with E-state index in [9.17, 15) is 9.59 Å². The number of hydrogen-bond donors (Lipinski definition) is 2. The smallest absolute Gasteiger partial charge is 0.228 e. The van der Waals surface area contributed by atoms with E-state index in [-0.39, 0.29) is 24.3 Å². The maximum atomic E-state index is 12.6. The van der Waals surface area contributed by atoms with Crippen LogP contribution in [0.4, 0.5) is 0 Å². The molecule has 0 bridgehead atoms. The zero-order valence-electron chi connectivity index (χ0n) is 13.0. The summed E-state index contributed by atoms with van der Waals surface area (Å²) >= 11 is 0. The third kappa shape index (κ3) is 4.72. The first-order valence-corrected chi connectivity index (χ1v) is 7.97. The number of carbonyl (C=O) groups is 2. The third-order valence-corrected chi connectivity index (χ3v) is 3.97. The highest BCUT2D eigenvalue weighted by Gasteiger charge is 2.25. The second-order valence-corrected chi connectivity index (χ2v) is 5.63. The number of hydrogen-bond acceptors (Lipinski definition) is 2. The Hall–Kier alpha value is -2.10. The molecule has 4 nitrogen and oxygen atoms in total. The van der Waals surface area contributed by atoms with Crippen molar-refractivity contribution < 1.29 is 9.59 Å². The van der Waals surface area contributed by atoms with Gasteiger partial charge in [0, 0.05) is 19.0 Å². The first kappa shape index (κ1) is 16.3. The van der Waals surface area contributed by atoms with Crippen LogP contribution < -0.4 is 10.6 Å². The molecule has 0 radical (unpaired) electrons. The number of carbonyl (C=O) groups excluding carboxylic acids is 2. The molecule has 1 aliphatic heterocycles. The highest BCUT2D eigenvalue weighted by molar-refractivity contribution is 5.89. The van der Waals surface area contributed by atoms with Crippen molar-refractivity contribution in [3.05, 3.63) is 48.0 Å². The van der Waals surface area contributed by atoms with Gasteiger partial charge in [0.2, 0.25) is 11.8 Å². The van der Waals surface area contributed by atoms with E-state index in [2.05, 4.69) is 29.7 Å². The van der Waals surface area contributed by atoms with Crippen LogP contribution in [0, 0.1) is 0 Å². The first-order chi connectivity index (χ1) is 10.7. The van der Waals surface area contributed by atoms with E-state index in [1.165, 1.54) is 0 Å². The van der Waals surface area contributed by atoms with Gasteiger partial charge in [-0.3, -0.25) is 9.59 Å². The van der Waals surface area contributed by atoms with Gasteiger partial charge in [0.05, 0.1) is 5.92 Å². The minimum Gasteiger partial charge on any atom is -0.356 e. The predicted octanol–water partition coefficient (Wildman–Crippen LogP) is 2.52. The van der Waals surface area contributed by atoms with Crippen molar-refractivity contribution in [2.45, 2.75) is 44.6 Å². The van der Waals surface area contributed by atoms with Gasteiger partial charge in [-0.25, -0.2) is 0 Å². The highest BCUT2D eigenvalue weighted by atomic mass is 16.2. The Morgan fingerprint density at radius 2 is 1.91 bits per heavy atom. The van der Waals surface area contributed by atoms with E-state index in [1.807, 2.05) is 30.3 Å². The molecule has 1 heterocycles. The molecular formula is C18H24N2O2. The Labute approximate surface area is 132 Å². The molecule has 0 unspecified atom stereocenters. The van der Waals surface area contributed by atoms with Crippen molar-refractivity contribution in [2.75, 3.05) is 6.54 Å². The van der Waals surface area contributed by atoms with Crippen molar-refractivity contribution in [3.63, 3.8) is 0 Å². The lowest BCUT2D eigenvalue weighted by Crippen LogP contribution is -2.39. The van der Waals surface area contributed by atoms with Crippen molar-refractivity contribution in [3.8, 4) is 0 Å². The van der Waals surface area contributed by atoms with Crippen molar-refractivity contribution in [1.29, 1.82) is 0 Å². The zero-order chi connectivity index (χ0) is 15.8. The first-order valence-electron chi connectivity index (χ1n) is 7.97. The fourth-order valence-corrected chi connectivity index (χ4v) is 2.61. The van der Waals surface area contributed by atoms with Crippen LogP contribution >= 0.6 is 0 Å². The van der Waals surface area contributed by atoms with Gasteiger partial charge in [0.25, 0.3) is 0 Å². The molecule has 0 aliphatic carbocycles. The number of amides is 2. The molecule has 0 fully saturated rings. The quantitative estimate of drug-likeness (QED) is 0.825. The molecule has 2 atom stereocenters. The van der Waals surface area contributed by atoms with Gasteiger partial charge in [-0.2, -0.15) is 0 Å². The van der Waals surface area contributed by atoms with Crippen LogP contribution in [-0.2, 0) is 9.59 Å². The Balaban J connectivity index is 2.21. The van der Waals surface area contributed by atoms with E-state index in [0.29, 0.717) is 6.54 Å². The lowest BCUT2D eigenvalue weighted by molar-refractivity contribution is -0.128. The maximum absolute atomic E-state index is 12.6. The summed E-state index contributed by atoms with van der Waals surface area (Å²) in [6, 6.07) is 9.65. The van der Waals surface area contributed by atoms with E-state index in [0.717, 1.165) is 24.8 Å². The molecule has 4 heteroatoms. The van der Waals surface area contributed by atoms with Gasteiger partial charge in [0.1, 0.15) is 0 Å². The van der Waals surface area contributed by atoms with Crippen LogP contribution in [0.3, 0.4) is 0 Å². The Bertz CT molecular complexity index is 525. The monoisotopic (exact) mass is 300 g/mol. The number of benzene rings is 1. The standard InChI is InChI=1S/C18H24N2O2/c1-2-15-11-7-4-8-12-19-17(21)13-16(18(22)20-15)14-9-5-3-6-10-14/h3-7,9-10,15-16H,2,8,11-13H2,1H3,(H,19,21)(H,20,22)/b7-4-/t15-,16-/m1/s1. The Kier molecular flexibility index (Phi) is 6.19. The van der Waals surface area contributed by atoms with Crippen LogP contribution in [-0.4, -0.2) is 24.4 Å². The fraction of sp³-hybridized carbons (Fsp3) is 0.444.